The SMILES string of the molecule is C=CCCc1nc(CCC(=O)O)oc1C(=C)C. The third-order valence-electron chi connectivity index (χ3n) is 2.27. The van der Waals surface area contributed by atoms with Crippen LogP contribution < -0.4 is 0 Å². The van der Waals surface area contributed by atoms with E-state index in [1.807, 2.05) is 13.0 Å². The number of allylic oxidation sites excluding steroid dienone is 2. The molecule has 0 aliphatic carbocycles. The van der Waals surface area contributed by atoms with E-state index in [2.05, 4.69) is 18.1 Å². The molecule has 0 aromatic carbocycles. The van der Waals surface area contributed by atoms with Crippen molar-refractivity contribution >= 4 is 11.5 Å². The third-order valence-corrected chi connectivity index (χ3v) is 2.27. The zero-order valence-electron chi connectivity index (χ0n) is 10.0. The van der Waals surface area contributed by atoms with Crippen molar-refractivity contribution in [3.05, 3.63) is 36.6 Å². The van der Waals surface area contributed by atoms with Gasteiger partial charge in [-0.05, 0) is 25.3 Å². The predicted octanol–water partition coefficient (Wildman–Crippen LogP) is 2.84. The Morgan fingerprint density at radius 3 is 2.76 bits per heavy atom. The average molecular weight is 235 g/mol. The number of rotatable bonds is 7. The maximum Gasteiger partial charge on any atom is 0.303 e. The molecule has 0 saturated carbocycles. The molecule has 0 radical (unpaired) electrons. The monoisotopic (exact) mass is 235 g/mol. The fourth-order valence-corrected chi connectivity index (χ4v) is 1.46. The van der Waals surface area contributed by atoms with Gasteiger partial charge in [-0.1, -0.05) is 12.7 Å². The van der Waals surface area contributed by atoms with E-state index in [1.165, 1.54) is 0 Å². The number of hydrogen-bond donors (Lipinski definition) is 1. The van der Waals surface area contributed by atoms with Gasteiger partial charge in [-0.25, -0.2) is 4.98 Å². The van der Waals surface area contributed by atoms with Crippen molar-refractivity contribution in [3.8, 4) is 0 Å². The Bertz CT molecular complexity index is 432. The standard InChI is InChI=1S/C13H17NO3/c1-4-5-6-10-13(9(2)3)17-11(14-10)7-8-12(15)16/h4H,1-2,5-8H2,3H3,(H,15,16). The summed E-state index contributed by atoms with van der Waals surface area (Å²) in [5.74, 6) is 0.282. The van der Waals surface area contributed by atoms with E-state index in [-0.39, 0.29) is 6.42 Å². The van der Waals surface area contributed by atoms with E-state index in [9.17, 15) is 4.79 Å². The normalized spacial score (nSPS) is 10.2. The molecule has 0 atom stereocenters. The highest BCUT2D eigenvalue weighted by Crippen LogP contribution is 2.21. The first-order chi connectivity index (χ1) is 8.04. The Kier molecular flexibility index (Phi) is 4.69. The molecule has 1 aromatic heterocycles. The summed E-state index contributed by atoms with van der Waals surface area (Å²) in [4.78, 5) is 14.8. The largest absolute Gasteiger partial charge is 0.481 e. The van der Waals surface area contributed by atoms with Crippen molar-refractivity contribution in [1.82, 2.24) is 4.98 Å². The lowest BCUT2D eigenvalue weighted by Gasteiger charge is -1.96. The molecule has 17 heavy (non-hydrogen) atoms. The fourth-order valence-electron chi connectivity index (χ4n) is 1.46. The first kappa shape index (κ1) is 13.2. The summed E-state index contributed by atoms with van der Waals surface area (Å²) in [6, 6.07) is 0. The number of aromatic nitrogens is 1. The van der Waals surface area contributed by atoms with Crippen LogP contribution in [0.2, 0.25) is 0 Å². The lowest BCUT2D eigenvalue weighted by Crippen LogP contribution is -1.97. The molecule has 4 heteroatoms. The highest BCUT2D eigenvalue weighted by atomic mass is 16.4. The average Bonchev–Trinajstić information content (AvgIpc) is 2.67. The third kappa shape index (κ3) is 3.90. The molecule has 1 heterocycles. The van der Waals surface area contributed by atoms with Crippen LogP contribution in [0.1, 0.15) is 37.1 Å². The maximum absolute atomic E-state index is 10.5. The molecule has 0 fully saturated rings. The van der Waals surface area contributed by atoms with Gasteiger partial charge in [-0.2, -0.15) is 0 Å². The van der Waals surface area contributed by atoms with Crippen LogP contribution >= 0.6 is 0 Å². The van der Waals surface area contributed by atoms with Crippen molar-refractivity contribution < 1.29 is 14.3 Å². The molecular formula is C13H17NO3. The summed E-state index contributed by atoms with van der Waals surface area (Å²) >= 11 is 0. The van der Waals surface area contributed by atoms with Crippen molar-refractivity contribution in [2.45, 2.75) is 32.6 Å². The molecule has 4 nitrogen and oxygen atoms in total. The van der Waals surface area contributed by atoms with Gasteiger partial charge in [0.15, 0.2) is 11.7 Å². The molecular weight excluding hydrogens is 218 g/mol. The Morgan fingerprint density at radius 1 is 1.53 bits per heavy atom. The van der Waals surface area contributed by atoms with E-state index in [0.29, 0.717) is 18.1 Å². The van der Waals surface area contributed by atoms with Crippen LogP contribution in [-0.4, -0.2) is 16.1 Å². The highest BCUT2D eigenvalue weighted by molar-refractivity contribution is 5.67. The van der Waals surface area contributed by atoms with Crippen LogP contribution in [0.15, 0.2) is 23.7 Å². The summed E-state index contributed by atoms with van der Waals surface area (Å²) in [7, 11) is 0. The van der Waals surface area contributed by atoms with E-state index >= 15 is 0 Å². The van der Waals surface area contributed by atoms with Gasteiger partial charge in [-0.3, -0.25) is 4.79 Å². The molecule has 0 amide bonds. The lowest BCUT2D eigenvalue weighted by molar-refractivity contribution is -0.137. The first-order valence-electron chi connectivity index (χ1n) is 5.51. The summed E-state index contributed by atoms with van der Waals surface area (Å²) in [5.41, 5.74) is 1.64. The minimum absolute atomic E-state index is 0.0248. The second kappa shape index (κ2) is 6.03. The van der Waals surface area contributed by atoms with Crippen molar-refractivity contribution in [3.63, 3.8) is 0 Å². The number of nitrogens with zero attached hydrogens (tertiary/aromatic N) is 1. The van der Waals surface area contributed by atoms with Crippen LogP contribution in [0, 0.1) is 0 Å². The van der Waals surface area contributed by atoms with E-state index in [1.54, 1.807) is 0 Å². The van der Waals surface area contributed by atoms with Gasteiger partial charge in [0.05, 0.1) is 12.1 Å². The van der Waals surface area contributed by atoms with Crippen molar-refractivity contribution in [2.24, 2.45) is 0 Å². The van der Waals surface area contributed by atoms with Crippen molar-refractivity contribution in [1.29, 1.82) is 0 Å². The summed E-state index contributed by atoms with van der Waals surface area (Å²) < 4.78 is 5.52. The Balaban J connectivity index is 2.83. The lowest BCUT2D eigenvalue weighted by atomic mass is 10.1. The van der Waals surface area contributed by atoms with Gasteiger partial charge in [0.2, 0.25) is 0 Å². The maximum atomic E-state index is 10.5. The van der Waals surface area contributed by atoms with Gasteiger partial charge in [0, 0.05) is 6.42 Å². The Labute approximate surface area is 101 Å². The molecule has 0 bridgehead atoms. The summed E-state index contributed by atoms with van der Waals surface area (Å²) in [6.07, 6.45) is 3.70. The molecule has 0 aliphatic rings. The second-order valence-electron chi connectivity index (χ2n) is 3.88. The summed E-state index contributed by atoms with van der Waals surface area (Å²) in [6.45, 7) is 9.33. The number of carboxylic acids is 1. The number of carboxylic acid groups (broad SMARTS) is 1. The van der Waals surface area contributed by atoms with Crippen LogP contribution in [0.5, 0.6) is 0 Å². The Hall–Kier alpha value is -1.84. The molecule has 0 unspecified atom stereocenters. The second-order valence-corrected chi connectivity index (χ2v) is 3.88. The molecule has 0 spiro atoms. The van der Waals surface area contributed by atoms with Gasteiger partial charge in [0.25, 0.3) is 0 Å². The molecule has 1 aromatic rings. The smallest absolute Gasteiger partial charge is 0.303 e. The van der Waals surface area contributed by atoms with Gasteiger partial charge >= 0.3 is 5.97 Å². The van der Waals surface area contributed by atoms with Crippen LogP contribution in [0.4, 0.5) is 0 Å². The van der Waals surface area contributed by atoms with Crippen molar-refractivity contribution in [2.75, 3.05) is 0 Å². The topological polar surface area (TPSA) is 63.3 Å². The highest BCUT2D eigenvalue weighted by Gasteiger charge is 2.13. The van der Waals surface area contributed by atoms with Gasteiger partial charge in [-0.15, -0.1) is 6.58 Å². The molecule has 0 saturated heterocycles. The van der Waals surface area contributed by atoms with Gasteiger partial charge in [0.1, 0.15) is 0 Å². The summed E-state index contributed by atoms with van der Waals surface area (Å²) in [5, 5.41) is 8.60. The van der Waals surface area contributed by atoms with Crippen LogP contribution in [-0.2, 0) is 17.6 Å². The molecule has 1 N–H and O–H groups in total. The zero-order chi connectivity index (χ0) is 12.8. The van der Waals surface area contributed by atoms with Crippen LogP contribution in [0.25, 0.3) is 5.57 Å². The minimum atomic E-state index is -0.854. The van der Waals surface area contributed by atoms with E-state index < -0.39 is 5.97 Å². The molecule has 92 valence electrons. The first-order valence-corrected chi connectivity index (χ1v) is 5.51. The predicted molar refractivity (Wildman–Crippen MR) is 65.7 cm³/mol. The number of aliphatic carboxylic acids is 1. The van der Waals surface area contributed by atoms with Gasteiger partial charge < -0.3 is 9.52 Å². The number of carbonyl (C=O) groups is 1. The van der Waals surface area contributed by atoms with E-state index in [0.717, 1.165) is 24.1 Å². The van der Waals surface area contributed by atoms with E-state index in [4.69, 9.17) is 9.52 Å². The molecule has 1 rings (SSSR count). The fraction of sp³-hybridized carbons (Fsp3) is 0.385. The number of aryl methyl sites for hydroxylation is 2. The van der Waals surface area contributed by atoms with Crippen LogP contribution in [0.3, 0.4) is 0 Å². The Morgan fingerprint density at radius 2 is 2.24 bits per heavy atom. The minimum Gasteiger partial charge on any atom is -0.481 e. The number of hydrogen-bond acceptors (Lipinski definition) is 3. The molecule has 0 aliphatic heterocycles. The number of oxazole rings is 1. The zero-order valence-corrected chi connectivity index (χ0v) is 10.0. The quantitative estimate of drug-likeness (QED) is 0.738.